The summed E-state index contributed by atoms with van der Waals surface area (Å²) >= 11 is 0. The molecule has 1 aromatic carbocycles. The second kappa shape index (κ2) is 15.3. The smallest absolute Gasteiger partial charge is 0.316 e. The molecule has 8 atom stereocenters. The van der Waals surface area contributed by atoms with Gasteiger partial charge >= 0.3 is 17.9 Å². The number of benzene rings is 1. The van der Waals surface area contributed by atoms with Gasteiger partial charge in [-0.2, -0.15) is 0 Å². The Kier molecular flexibility index (Phi) is 10.8. The summed E-state index contributed by atoms with van der Waals surface area (Å²) in [7, 11) is 1.49. The molecule has 0 aliphatic carbocycles. The molecule has 3 aromatic heterocycles. The van der Waals surface area contributed by atoms with Crippen molar-refractivity contribution in [2.75, 3.05) is 39.8 Å². The molecule has 2 saturated heterocycles. The number of carbonyl (C=O) groups is 2. The predicted molar refractivity (Wildman–Crippen MR) is 172 cm³/mol. The molecule has 0 spiro atoms. The Morgan fingerprint density at radius 1 is 0.961 bits per heavy atom. The Hall–Kier alpha value is -4.66. The first-order valence-corrected chi connectivity index (χ1v) is 17.4. The third-order valence-corrected chi connectivity index (χ3v) is 12.2. The first kappa shape index (κ1) is 36.1. The highest BCUT2D eigenvalue weighted by Gasteiger charge is 2.52. The predicted octanol–water partition coefficient (Wildman–Crippen LogP) is 1.85. The number of hydrogen-bond acceptors (Lipinski definition) is 14. The van der Waals surface area contributed by atoms with E-state index in [0.717, 1.165) is 12.1 Å². The van der Waals surface area contributed by atoms with E-state index >= 15 is 0 Å². The molecule has 0 bridgehead atoms. The van der Waals surface area contributed by atoms with Gasteiger partial charge in [-0.1, -0.05) is 10.4 Å². The van der Waals surface area contributed by atoms with E-state index in [1.807, 2.05) is 0 Å². The number of hydrogen-bond donors (Lipinski definition) is 2. The molecular weight excluding hydrogens is 701 g/mol. The van der Waals surface area contributed by atoms with E-state index in [0.29, 0.717) is 17.0 Å². The lowest BCUT2D eigenvalue weighted by molar-refractivity contribution is -0.154. The minimum atomic E-state index is -1.62. The second-order valence-electron chi connectivity index (χ2n) is 11.9. The Balaban J connectivity index is 1.32. The molecule has 51 heavy (non-hydrogen) atoms. The van der Waals surface area contributed by atoms with Gasteiger partial charge in [0.15, 0.2) is 17.5 Å². The third kappa shape index (κ3) is 7.53. The maximum atomic E-state index is 14.1. The molecule has 4 aromatic rings. The van der Waals surface area contributed by atoms with E-state index in [2.05, 4.69) is 30.6 Å². The normalized spacial score (nSPS) is 27.1. The number of methoxy groups -OCH3 is 2. The average Bonchev–Trinajstić information content (AvgIpc) is 3.80. The molecule has 2 aliphatic rings. The van der Waals surface area contributed by atoms with Crippen LogP contribution in [0.3, 0.4) is 0 Å². The lowest BCUT2D eigenvalue weighted by atomic mass is 10.0. The van der Waals surface area contributed by atoms with Gasteiger partial charge in [0.05, 0.1) is 50.2 Å². The average molecular weight is 737 g/mol. The van der Waals surface area contributed by atoms with Gasteiger partial charge in [-0.3, -0.25) is 9.59 Å². The summed E-state index contributed by atoms with van der Waals surface area (Å²) in [6.45, 7) is 2.54. The molecule has 1 N–H and O–H groups in total. The highest BCUT2D eigenvalue weighted by atomic mass is 32.2. The van der Waals surface area contributed by atoms with Crippen LogP contribution in [0, 0.1) is 17.5 Å². The zero-order valence-corrected chi connectivity index (χ0v) is 28.7. The summed E-state index contributed by atoms with van der Waals surface area (Å²) in [5, 5.41) is 27.4. The number of rotatable bonds is 10. The highest BCUT2D eigenvalue weighted by Crippen LogP contribution is 2.52. The number of ether oxygens (including phenoxy) is 5. The van der Waals surface area contributed by atoms with Crippen LogP contribution in [0.4, 0.5) is 13.2 Å². The molecular formula is C31H35F3N8O8S. The minimum Gasteiger partial charge on any atom is -0.467 e. The summed E-state index contributed by atoms with van der Waals surface area (Å²) in [6, 6.07) is 0.238. The molecule has 5 heterocycles. The number of aliphatic hydroxyl groups excluding tert-OH is 1. The third-order valence-electron chi connectivity index (χ3n) is 8.82. The highest BCUT2D eigenvalue weighted by molar-refractivity contribution is 8.18. The fourth-order valence-electron chi connectivity index (χ4n) is 6.40. The van der Waals surface area contributed by atoms with Crippen molar-refractivity contribution < 1.29 is 51.6 Å². The van der Waals surface area contributed by atoms with Crippen molar-refractivity contribution in [1.82, 2.24) is 40.0 Å². The molecule has 0 radical (unpaired) electrons. The molecule has 0 saturated carbocycles. The SMILES string of the molecule is COc1ncc(-c2cn([C@H]3COC[C@@H]([SH]4C[C@H](OC)[C@H](n5cc(-c6cc(F)c(F)c(F)c6)nn5)[C@@H](OC(C)=O)[C@H]4COC(C)=O)[C@@H]3O)nn2)cn1. The minimum absolute atomic E-state index is 0.0148. The molecule has 20 heteroatoms. The van der Waals surface area contributed by atoms with Crippen molar-refractivity contribution in [3.63, 3.8) is 0 Å². The van der Waals surface area contributed by atoms with E-state index < -0.39 is 81.2 Å². The van der Waals surface area contributed by atoms with Crippen molar-refractivity contribution in [1.29, 1.82) is 0 Å². The van der Waals surface area contributed by atoms with Crippen molar-refractivity contribution in [2.45, 2.75) is 54.7 Å². The zero-order valence-electron chi connectivity index (χ0n) is 27.8. The van der Waals surface area contributed by atoms with E-state index in [1.54, 1.807) is 6.20 Å². The maximum absolute atomic E-state index is 14.1. The van der Waals surface area contributed by atoms with Crippen LogP contribution in [0.5, 0.6) is 6.01 Å². The van der Waals surface area contributed by atoms with Crippen LogP contribution in [0.15, 0.2) is 36.9 Å². The number of thiol groups is 1. The van der Waals surface area contributed by atoms with E-state index in [4.69, 9.17) is 23.7 Å². The number of nitrogens with zero attached hydrogens (tertiary/aromatic N) is 8. The van der Waals surface area contributed by atoms with Crippen LogP contribution in [-0.4, -0.2) is 126 Å². The lowest BCUT2D eigenvalue weighted by Crippen LogP contribution is -2.57. The van der Waals surface area contributed by atoms with Crippen molar-refractivity contribution in [3.8, 4) is 28.5 Å². The number of esters is 2. The molecule has 274 valence electrons. The van der Waals surface area contributed by atoms with Gasteiger partial charge in [-0.05, 0) is 12.1 Å². The second-order valence-corrected chi connectivity index (χ2v) is 14.7. The zero-order chi connectivity index (χ0) is 36.4. The fraction of sp³-hybridized carbons (Fsp3) is 0.484. The molecule has 16 nitrogen and oxygen atoms in total. The van der Waals surface area contributed by atoms with Crippen LogP contribution >= 0.6 is 10.9 Å². The summed E-state index contributed by atoms with van der Waals surface area (Å²) < 4.78 is 73.1. The standard InChI is InChI=1S/C31H35F3N8O8S/c1-15(43)49-13-26-30(50-16(2)44)28(42-10-21(37-40-42)17-5-19(32)27(34)20(33)6-17)24(46-3)14-51(26)25-12-48-11-23(29(25)45)41-9-22(38-39-41)18-7-35-31(47-4)36-8-18/h5-10,23-26,28-30,45,51H,11-14H2,1-4H3/t23-,24-,25+,26+,28-,29+,30-/m0/s1. The Morgan fingerprint density at radius 3 is 2.24 bits per heavy atom. The Morgan fingerprint density at radius 2 is 1.61 bits per heavy atom. The summed E-state index contributed by atoms with van der Waals surface area (Å²) in [5.41, 5.74) is 0.973. The van der Waals surface area contributed by atoms with Crippen molar-refractivity contribution >= 4 is 22.8 Å². The van der Waals surface area contributed by atoms with Gasteiger partial charge in [-0.25, -0.2) is 43.4 Å². The maximum Gasteiger partial charge on any atom is 0.316 e. The van der Waals surface area contributed by atoms with E-state index in [9.17, 15) is 27.9 Å². The van der Waals surface area contributed by atoms with Crippen LogP contribution in [0.25, 0.3) is 22.5 Å². The first-order chi connectivity index (χ1) is 24.5. The number of aliphatic hydroxyl groups is 1. The van der Waals surface area contributed by atoms with Crippen LogP contribution < -0.4 is 4.74 Å². The molecule has 6 rings (SSSR count). The summed E-state index contributed by atoms with van der Waals surface area (Å²) in [6.07, 6.45) is 3.32. The Labute approximate surface area is 291 Å². The monoisotopic (exact) mass is 736 g/mol. The lowest BCUT2D eigenvalue weighted by Gasteiger charge is -2.52. The van der Waals surface area contributed by atoms with Crippen molar-refractivity contribution in [2.24, 2.45) is 0 Å². The number of aromatic nitrogens is 8. The molecule has 2 aliphatic heterocycles. The van der Waals surface area contributed by atoms with E-state index in [1.165, 1.54) is 56.0 Å². The van der Waals surface area contributed by atoms with Crippen molar-refractivity contribution in [3.05, 3.63) is 54.4 Å². The summed E-state index contributed by atoms with van der Waals surface area (Å²) in [5.74, 6) is -5.35. The van der Waals surface area contributed by atoms with Gasteiger partial charge in [0.1, 0.15) is 36.2 Å². The Bertz CT molecular complexity index is 1840. The van der Waals surface area contributed by atoms with Gasteiger partial charge < -0.3 is 28.8 Å². The first-order valence-electron chi connectivity index (χ1n) is 15.7. The topological polar surface area (TPSA) is 188 Å². The molecule has 2 fully saturated rings. The van der Waals surface area contributed by atoms with Crippen LogP contribution in [0.2, 0.25) is 0 Å². The van der Waals surface area contributed by atoms with Gasteiger partial charge in [0.2, 0.25) is 0 Å². The molecule has 0 amide bonds. The van der Waals surface area contributed by atoms with Gasteiger partial charge in [-0.15, -0.1) is 10.2 Å². The van der Waals surface area contributed by atoms with Crippen LogP contribution in [-0.2, 0) is 28.5 Å². The van der Waals surface area contributed by atoms with Crippen LogP contribution in [0.1, 0.15) is 25.9 Å². The van der Waals surface area contributed by atoms with Gasteiger partial charge in [0.25, 0.3) is 0 Å². The summed E-state index contributed by atoms with van der Waals surface area (Å²) in [4.78, 5) is 32.9. The quantitative estimate of drug-likeness (QED) is 0.136. The largest absolute Gasteiger partial charge is 0.467 e. The van der Waals surface area contributed by atoms with E-state index in [-0.39, 0.29) is 37.1 Å². The van der Waals surface area contributed by atoms with Gasteiger partial charge in [0, 0.05) is 55.5 Å². The number of halogens is 3. The number of carbonyl (C=O) groups excluding carboxylic acids is 2. The fourth-order valence-corrected chi connectivity index (χ4v) is 9.98. The molecule has 1 unspecified atom stereocenters.